The number of amides is 1. The third-order valence-electron chi connectivity index (χ3n) is 5.19. The lowest BCUT2D eigenvalue weighted by Crippen LogP contribution is -2.51. The highest BCUT2D eigenvalue weighted by atomic mass is 35.5. The lowest BCUT2D eigenvalue weighted by molar-refractivity contribution is -0.130. The molecule has 4 heteroatoms. The summed E-state index contributed by atoms with van der Waals surface area (Å²) >= 11 is 5.94. The number of hydrogen-bond acceptors (Lipinski definition) is 2. The number of benzene rings is 1. The number of alkyl halides is 1. The van der Waals surface area contributed by atoms with E-state index >= 15 is 0 Å². The molecule has 3 rings (SSSR count). The molecule has 1 aromatic rings. The minimum absolute atomic E-state index is 0.00924. The van der Waals surface area contributed by atoms with Crippen molar-refractivity contribution >= 4 is 17.5 Å². The smallest absolute Gasteiger partial charge is 0.241 e. The molecule has 2 aliphatic rings. The molecule has 26 heavy (non-hydrogen) atoms. The van der Waals surface area contributed by atoms with Crippen LogP contribution in [-0.4, -0.2) is 40.7 Å². The fourth-order valence-electron chi connectivity index (χ4n) is 3.96. The molecule has 1 heterocycles. The van der Waals surface area contributed by atoms with Crippen molar-refractivity contribution in [1.82, 2.24) is 9.80 Å². The van der Waals surface area contributed by atoms with Crippen molar-refractivity contribution in [1.29, 1.82) is 0 Å². The Morgan fingerprint density at radius 3 is 2.77 bits per heavy atom. The SMILES string of the molecule is C[C@@H]1CN(Cc2ccccc2)CC[C@H]1N(C(=O)CCl)C1=CC=CC=CC1. The van der Waals surface area contributed by atoms with Crippen LogP contribution in [0.1, 0.15) is 25.3 Å². The first-order chi connectivity index (χ1) is 12.7. The molecular weight excluding hydrogens is 344 g/mol. The van der Waals surface area contributed by atoms with Crippen LogP contribution < -0.4 is 0 Å². The topological polar surface area (TPSA) is 23.6 Å². The monoisotopic (exact) mass is 370 g/mol. The average molecular weight is 371 g/mol. The summed E-state index contributed by atoms with van der Waals surface area (Å²) in [7, 11) is 0. The first-order valence-electron chi connectivity index (χ1n) is 9.35. The van der Waals surface area contributed by atoms with E-state index in [0.29, 0.717) is 5.92 Å². The van der Waals surface area contributed by atoms with Gasteiger partial charge < -0.3 is 4.90 Å². The molecule has 0 N–H and O–H groups in total. The Hall–Kier alpha value is -1.84. The summed E-state index contributed by atoms with van der Waals surface area (Å²) in [6.07, 6.45) is 11.9. The minimum Gasteiger partial charge on any atom is -0.311 e. The number of hydrogen-bond donors (Lipinski definition) is 0. The molecule has 2 atom stereocenters. The van der Waals surface area contributed by atoms with Crippen LogP contribution in [-0.2, 0) is 11.3 Å². The fraction of sp³-hybridized carbons (Fsp3) is 0.409. The van der Waals surface area contributed by atoms with E-state index < -0.39 is 0 Å². The molecule has 1 fully saturated rings. The first-order valence-corrected chi connectivity index (χ1v) is 9.89. The van der Waals surface area contributed by atoms with Crippen LogP contribution in [0.15, 0.2) is 66.4 Å². The molecule has 0 saturated carbocycles. The van der Waals surface area contributed by atoms with E-state index in [-0.39, 0.29) is 17.8 Å². The lowest BCUT2D eigenvalue weighted by Gasteiger charge is -2.43. The van der Waals surface area contributed by atoms with E-state index in [1.165, 1.54) is 5.56 Å². The van der Waals surface area contributed by atoms with Crippen molar-refractivity contribution in [3.8, 4) is 0 Å². The summed E-state index contributed by atoms with van der Waals surface area (Å²) in [5.74, 6) is 0.438. The van der Waals surface area contributed by atoms with Crippen LogP contribution in [0.2, 0.25) is 0 Å². The van der Waals surface area contributed by atoms with E-state index in [2.05, 4.69) is 48.2 Å². The highest BCUT2D eigenvalue weighted by Crippen LogP contribution is 2.28. The molecule has 1 saturated heterocycles. The number of rotatable bonds is 5. The zero-order chi connectivity index (χ0) is 18.4. The number of nitrogens with zero attached hydrogens (tertiary/aromatic N) is 2. The van der Waals surface area contributed by atoms with Crippen molar-refractivity contribution < 1.29 is 4.79 Å². The van der Waals surface area contributed by atoms with Crippen LogP contribution >= 0.6 is 11.6 Å². The summed E-state index contributed by atoms with van der Waals surface area (Å²) < 4.78 is 0. The summed E-state index contributed by atoms with van der Waals surface area (Å²) in [6, 6.07) is 10.8. The maximum atomic E-state index is 12.6. The number of halogens is 1. The third kappa shape index (κ3) is 4.66. The Balaban J connectivity index is 1.71. The predicted molar refractivity (Wildman–Crippen MR) is 108 cm³/mol. The van der Waals surface area contributed by atoms with Crippen molar-refractivity contribution in [2.45, 2.75) is 32.4 Å². The number of piperidine rings is 1. The molecule has 0 aromatic heterocycles. The zero-order valence-electron chi connectivity index (χ0n) is 15.4. The Bertz CT molecular complexity index is 695. The second-order valence-corrected chi connectivity index (χ2v) is 7.39. The standard InChI is InChI=1S/C22H27ClN2O/c1-18-16-24(17-19-9-5-4-6-10-19)14-13-21(18)25(22(26)15-23)20-11-7-2-3-8-12-20/h2-11,18,21H,12-17H2,1H3/t18-,21-/m1/s1. The molecule has 1 amide bonds. The van der Waals surface area contributed by atoms with Crippen LogP contribution in [0.25, 0.3) is 0 Å². The van der Waals surface area contributed by atoms with E-state index in [1.807, 2.05) is 29.2 Å². The maximum Gasteiger partial charge on any atom is 0.241 e. The summed E-state index contributed by atoms with van der Waals surface area (Å²) in [5, 5.41) is 0. The highest BCUT2D eigenvalue weighted by molar-refractivity contribution is 6.27. The van der Waals surface area contributed by atoms with E-state index in [4.69, 9.17) is 11.6 Å². The van der Waals surface area contributed by atoms with Gasteiger partial charge >= 0.3 is 0 Å². The summed E-state index contributed by atoms with van der Waals surface area (Å²) in [6.45, 7) is 5.20. The van der Waals surface area contributed by atoms with Crippen LogP contribution in [0.3, 0.4) is 0 Å². The van der Waals surface area contributed by atoms with Gasteiger partial charge in [0, 0.05) is 37.8 Å². The second kappa shape index (κ2) is 9.20. The van der Waals surface area contributed by atoms with Gasteiger partial charge in [-0.15, -0.1) is 11.6 Å². The Morgan fingerprint density at radius 1 is 1.23 bits per heavy atom. The molecule has 138 valence electrons. The van der Waals surface area contributed by atoms with Crippen LogP contribution in [0.4, 0.5) is 0 Å². The van der Waals surface area contributed by atoms with Gasteiger partial charge in [-0.3, -0.25) is 9.69 Å². The van der Waals surface area contributed by atoms with Gasteiger partial charge in [-0.05, 0) is 24.0 Å². The first kappa shape index (κ1) is 18.9. The molecule has 0 spiro atoms. The Morgan fingerprint density at radius 2 is 2.04 bits per heavy atom. The Labute approximate surface area is 161 Å². The molecule has 0 bridgehead atoms. The average Bonchev–Trinajstić information content (AvgIpc) is 2.93. The molecule has 0 radical (unpaired) electrons. The normalized spacial score (nSPS) is 23.4. The van der Waals surface area contributed by atoms with Gasteiger partial charge in [-0.25, -0.2) is 0 Å². The lowest BCUT2D eigenvalue weighted by atomic mass is 9.91. The quantitative estimate of drug-likeness (QED) is 0.719. The van der Waals surface area contributed by atoms with Gasteiger partial charge in [0.2, 0.25) is 5.91 Å². The van der Waals surface area contributed by atoms with Crippen LogP contribution in [0, 0.1) is 5.92 Å². The van der Waals surface area contributed by atoms with Gasteiger partial charge in [0.1, 0.15) is 5.88 Å². The largest absolute Gasteiger partial charge is 0.311 e. The third-order valence-corrected chi connectivity index (χ3v) is 5.42. The van der Waals surface area contributed by atoms with Crippen molar-refractivity contribution in [3.63, 3.8) is 0 Å². The summed E-state index contributed by atoms with van der Waals surface area (Å²) in [5.41, 5.74) is 2.39. The van der Waals surface area contributed by atoms with Gasteiger partial charge in [0.15, 0.2) is 0 Å². The highest BCUT2D eigenvalue weighted by Gasteiger charge is 2.34. The fourth-order valence-corrected chi connectivity index (χ4v) is 4.08. The molecular formula is C22H27ClN2O. The van der Waals surface area contributed by atoms with E-state index in [9.17, 15) is 4.79 Å². The number of carbonyl (C=O) groups is 1. The second-order valence-electron chi connectivity index (χ2n) is 7.13. The minimum atomic E-state index is 0.00924. The van der Waals surface area contributed by atoms with Crippen molar-refractivity contribution in [2.75, 3.05) is 19.0 Å². The van der Waals surface area contributed by atoms with E-state index in [0.717, 1.165) is 38.2 Å². The molecule has 1 aromatic carbocycles. The summed E-state index contributed by atoms with van der Waals surface area (Å²) in [4.78, 5) is 17.1. The van der Waals surface area contributed by atoms with Gasteiger partial charge in [-0.1, -0.05) is 61.6 Å². The number of carbonyl (C=O) groups excluding carboxylic acids is 1. The predicted octanol–water partition coefficient (Wildman–Crippen LogP) is 4.36. The molecule has 1 aliphatic heterocycles. The van der Waals surface area contributed by atoms with E-state index in [1.54, 1.807) is 0 Å². The molecule has 0 unspecified atom stereocenters. The van der Waals surface area contributed by atoms with Gasteiger partial charge in [0.25, 0.3) is 0 Å². The Kier molecular flexibility index (Phi) is 6.70. The van der Waals surface area contributed by atoms with Crippen molar-refractivity contribution in [2.24, 2.45) is 5.92 Å². The molecule has 1 aliphatic carbocycles. The number of allylic oxidation sites excluding steroid dienone is 5. The maximum absolute atomic E-state index is 12.6. The molecule has 3 nitrogen and oxygen atoms in total. The van der Waals surface area contributed by atoms with Crippen LogP contribution in [0.5, 0.6) is 0 Å². The number of likely N-dealkylation sites (tertiary alicyclic amines) is 1. The zero-order valence-corrected chi connectivity index (χ0v) is 16.1. The van der Waals surface area contributed by atoms with Gasteiger partial charge in [0.05, 0.1) is 0 Å². The van der Waals surface area contributed by atoms with Crippen molar-refractivity contribution in [3.05, 3.63) is 72.0 Å². The van der Waals surface area contributed by atoms with Gasteiger partial charge in [-0.2, -0.15) is 0 Å².